The van der Waals surface area contributed by atoms with Crippen molar-refractivity contribution in [2.75, 3.05) is 6.54 Å². The number of carbonyl (C=O) groups is 1. The number of rotatable bonds is 1. The van der Waals surface area contributed by atoms with Crippen molar-refractivity contribution < 1.29 is 9.90 Å². The van der Waals surface area contributed by atoms with E-state index >= 15 is 0 Å². The number of nitrogens with one attached hydrogen (secondary N) is 1. The first-order valence-corrected chi connectivity index (χ1v) is 6.93. The van der Waals surface area contributed by atoms with Gasteiger partial charge in [-0.05, 0) is 25.8 Å². The number of hydrogen-bond donors (Lipinski definition) is 2. The van der Waals surface area contributed by atoms with Crippen molar-refractivity contribution in [1.82, 2.24) is 20.1 Å². The fourth-order valence-electron chi connectivity index (χ4n) is 2.85. The molecule has 1 aliphatic heterocycles. The van der Waals surface area contributed by atoms with Crippen LogP contribution in [0.2, 0.25) is 5.15 Å². The van der Waals surface area contributed by atoms with Crippen LogP contribution < -0.4 is 0 Å². The number of halogens is 1. The normalized spacial score (nSPS) is 23.2. The number of nitrogens with zero attached hydrogens (tertiary/aromatic N) is 3. The molecular formula is C13H15ClN4O2. The van der Waals surface area contributed by atoms with E-state index < -0.39 is 6.09 Å². The third kappa shape index (κ3) is 2.10. The molecule has 1 aliphatic rings. The second-order valence-electron chi connectivity index (χ2n) is 5.19. The number of fused-ring (bicyclic) bond motifs is 1. The van der Waals surface area contributed by atoms with E-state index in [9.17, 15) is 9.90 Å². The largest absolute Gasteiger partial charge is 0.465 e. The predicted molar refractivity (Wildman–Crippen MR) is 75.1 cm³/mol. The molecule has 0 bridgehead atoms. The van der Waals surface area contributed by atoms with E-state index in [-0.39, 0.29) is 12.0 Å². The summed E-state index contributed by atoms with van der Waals surface area (Å²) in [6, 6.07) is 1.92. The van der Waals surface area contributed by atoms with E-state index in [2.05, 4.69) is 15.2 Å². The van der Waals surface area contributed by atoms with Crippen molar-refractivity contribution in [3.8, 4) is 0 Å². The Balaban J connectivity index is 1.95. The maximum atomic E-state index is 11.3. The van der Waals surface area contributed by atoms with Gasteiger partial charge in [0.05, 0.1) is 0 Å². The van der Waals surface area contributed by atoms with Crippen LogP contribution in [0.3, 0.4) is 0 Å². The molecule has 2 aromatic rings. The Morgan fingerprint density at radius 1 is 1.55 bits per heavy atom. The molecule has 1 fully saturated rings. The summed E-state index contributed by atoms with van der Waals surface area (Å²) in [6.45, 7) is 2.42. The summed E-state index contributed by atoms with van der Waals surface area (Å²) in [5.41, 5.74) is 1.59. The molecule has 2 unspecified atom stereocenters. The molecule has 106 valence electrons. The molecule has 0 radical (unpaired) electrons. The molecule has 6 nitrogen and oxygen atoms in total. The van der Waals surface area contributed by atoms with Gasteiger partial charge in [-0.3, -0.25) is 5.10 Å². The minimum absolute atomic E-state index is 0.0585. The second-order valence-corrected chi connectivity index (χ2v) is 5.55. The highest BCUT2D eigenvalue weighted by atomic mass is 35.5. The van der Waals surface area contributed by atoms with Gasteiger partial charge in [-0.25, -0.2) is 9.78 Å². The fraction of sp³-hybridized carbons (Fsp3) is 0.462. The van der Waals surface area contributed by atoms with Crippen molar-refractivity contribution in [3.05, 3.63) is 23.1 Å². The zero-order chi connectivity index (χ0) is 14.3. The highest BCUT2D eigenvalue weighted by Crippen LogP contribution is 2.33. The molecule has 1 saturated heterocycles. The first kappa shape index (κ1) is 13.2. The van der Waals surface area contributed by atoms with E-state index in [0.717, 1.165) is 23.9 Å². The van der Waals surface area contributed by atoms with Gasteiger partial charge in [-0.1, -0.05) is 11.6 Å². The summed E-state index contributed by atoms with van der Waals surface area (Å²) in [7, 11) is 0. The minimum atomic E-state index is -0.870. The molecule has 0 aromatic carbocycles. The van der Waals surface area contributed by atoms with E-state index in [1.807, 2.05) is 13.0 Å². The van der Waals surface area contributed by atoms with Crippen LogP contribution in [0.4, 0.5) is 4.79 Å². The Bertz CT molecular complexity index is 657. The summed E-state index contributed by atoms with van der Waals surface area (Å²) >= 11 is 6.01. The minimum Gasteiger partial charge on any atom is -0.465 e. The number of piperidine rings is 1. The molecule has 20 heavy (non-hydrogen) atoms. The SMILES string of the molecule is CC1CCC(c2[nH]nc3c(Cl)nccc23)CN1C(=O)O. The van der Waals surface area contributed by atoms with Crippen molar-refractivity contribution >= 4 is 28.6 Å². The molecule has 7 heteroatoms. The Morgan fingerprint density at radius 2 is 2.35 bits per heavy atom. The van der Waals surface area contributed by atoms with Crippen LogP contribution in [-0.4, -0.2) is 43.9 Å². The van der Waals surface area contributed by atoms with Gasteiger partial charge in [-0.15, -0.1) is 0 Å². The van der Waals surface area contributed by atoms with Crippen molar-refractivity contribution in [3.63, 3.8) is 0 Å². The molecule has 0 spiro atoms. The summed E-state index contributed by atoms with van der Waals surface area (Å²) < 4.78 is 0. The van der Waals surface area contributed by atoms with Crippen molar-refractivity contribution in [2.45, 2.75) is 31.7 Å². The third-order valence-electron chi connectivity index (χ3n) is 3.99. The molecule has 3 heterocycles. The van der Waals surface area contributed by atoms with Crippen LogP contribution in [0.25, 0.3) is 10.9 Å². The Labute approximate surface area is 120 Å². The molecule has 2 N–H and O–H groups in total. The number of amides is 1. The van der Waals surface area contributed by atoms with Crippen molar-refractivity contribution in [1.29, 1.82) is 0 Å². The first-order valence-electron chi connectivity index (χ1n) is 6.56. The van der Waals surface area contributed by atoms with Gasteiger partial charge < -0.3 is 10.0 Å². The number of aromatic nitrogens is 3. The fourth-order valence-corrected chi connectivity index (χ4v) is 3.05. The Hall–Kier alpha value is -1.82. The summed E-state index contributed by atoms with van der Waals surface area (Å²) in [5, 5.41) is 17.7. The van der Waals surface area contributed by atoms with Gasteiger partial charge in [0, 0.05) is 35.8 Å². The maximum Gasteiger partial charge on any atom is 0.407 e. The van der Waals surface area contributed by atoms with Gasteiger partial charge in [0.2, 0.25) is 0 Å². The second kappa shape index (κ2) is 4.94. The summed E-state index contributed by atoms with van der Waals surface area (Å²) in [5.74, 6) is 0.116. The number of hydrogen-bond acceptors (Lipinski definition) is 3. The first-order chi connectivity index (χ1) is 9.58. The molecule has 2 aromatic heterocycles. The lowest BCUT2D eigenvalue weighted by molar-refractivity contribution is 0.105. The number of carboxylic acid groups (broad SMARTS) is 1. The van der Waals surface area contributed by atoms with Crippen LogP contribution in [-0.2, 0) is 0 Å². The average molecular weight is 295 g/mol. The summed E-state index contributed by atoms with van der Waals surface area (Å²) in [6.07, 6.45) is 2.55. The molecule has 0 saturated carbocycles. The highest BCUT2D eigenvalue weighted by Gasteiger charge is 2.31. The Kier molecular flexibility index (Phi) is 3.25. The smallest absolute Gasteiger partial charge is 0.407 e. The van der Waals surface area contributed by atoms with Crippen LogP contribution in [0.5, 0.6) is 0 Å². The molecule has 2 atom stereocenters. The average Bonchev–Trinajstić information content (AvgIpc) is 2.84. The molecule has 1 amide bonds. The Morgan fingerprint density at radius 3 is 3.10 bits per heavy atom. The van der Waals surface area contributed by atoms with Crippen LogP contribution in [0.1, 0.15) is 31.4 Å². The number of pyridine rings is 1. The van der Waals surface area contributed by atoms with Gasteiger partial charge in [0.25, 0.3) is 0 Å². The van der Waals surface area contributed by atoms with Gasteiger partial charge in [-0.2, -0.15) is 5.10 Å². The van der Waals surface area contributed by atoms with Crippen LogP contribution >= 0.6 is 11.6 Å². The van der Waals surface area contributed by atoms with E-state index in [1.54, 1.807) is 6.20 Å². The molecule has 3 rings (SSSR count). The monoisotopic (exact) mass is 294 g/mol. The standard InChI is InChI=1S/C13H15ClN4O2/c1-7-2-3-8(6-18(7)13(19)20)10-9-4-5-15-12(14)11(9)17-16-10/h4-5,7-8H,2-3,6H2,1H3,(H,16,17)(H,19,20). The maximum absolute atomic E-state index is 11.3. The lowest BCUT2D eigenvalue weighted by Crippen LogP contribution is -2.44. The van der Waals surface area contributed by atoms with Crippen LogP contribution in [0.15, 0.2) is 12.3 Å². The predicted octanol–water partition coefficient (Wildman–Crippen LogP) is 2.86. The van der Waals surface area contributed by atoms with Crippen LogP contribution in [0, 0.1) is 0 Å². The molecule has 0 aliphatic carbocycles. The lowest BCUT2D eigenvalue weighted by Gasteiger charge is -2.35. The van der Waals surface area contributed by atoms with E-state index in [0.29, 0.717) is 17.2 Å². The zero-order valence-electron chi connectivity index (χ0n) is 11.0. The van der Waals surface area contributed by atoms with Gasteiger partial charge in [0.15, 0.2) is 5.15 Å². The zero-order valence-corrected chi connectivity index (χ0v) is 11.8. The summed E-state index contributed by atoms with van der Waals surface area (Å²) in [4.78, 5) is 16.8. The van der Waals surface area contributed by atoms with Crippen molar-refractivity contribution in [2.24, 2.45) is 0 Å². The van der Waals surface area contributed by atoms with E-state index in [4.69, 9.17) is 11.6 Å². The topological polar surface area (TPSA) is 82.1 Å². The third-order valence-corrected chi connectivity index (χ3v) is 4.27. The quantitative estimate of drug-likeness (QED) is 0.792. The highest BCUT2D eigenvalue weighted by molar-refractivity contribution is 6.33. The number of H-pyrrole nitrogens is 1. The van der Waals surface area contributed by atoms with E-state index in [1.165, 1.54) is 4.90 Å². The van der Waals surface area contributed by atoms with Gasteiger partial charge in [0.1, 0.15) is 5.52 Å². The number of likely N-dealkylation sites (tertiary alicyclic amines) is 1. The lowest BCUT2D eigenvalue weighted by atomic mass is 9.90. The number of aromatic amines is 1. The van der Waals surface area contributed by atoms with Gasteiger partial charge >= 0.3 is 6.09 Å². The molecular weight excluding hydrogens is 280 g/mol.